The smallest absolute Gasteiger partial charge is 0.410 e. The zero-order chi connectivity index (χ0) is 17.4. The van der Waals surface area contributed by atoms with Crippen LogP contribution in [-0.4, -0.2) is 55.3 Å². The molecule has 0 radical (unpaired) electrons. The molecule has 2 saturated heterocycles. The number of benzene rings is 1. The molecule has 1 amide bonds. The predicted molar refractivity (Wildman–Crippen MR) is 96.0 cm³/mol. The Morgan fingerprint density at radius 2 is 1.96 bits per heavy atom. The van der Waals surface area contributed by atoms with Gasteiger partial charge in [-0.05, 0) is 55.8 Å². The fraction of sp³-hybridized carbons (Fsp3) is 0.650. The van der Waals surface area contributed by atoms with E-state index in [4.69, 9.17) is 9.47 Å². The number of nitrogens with zero attached hydrogens (tertiary/aromatic N) is 2. The molecule has 0 unspecified atom stereocenters. The Kier molecular flexibility index (Phi) is 4.36. The first-order valence-corrected chi connectivity index (χ1v) is 9.44. The van der Waals surface area contributed by atoms with E-state index >= 15 is 0 Å². The van der Waals surface area contributed by atoms with Gasteiger partial charge < -0.3 is 14.4 Å². The second-order valence-corrected chi connectivity index (χ2v) is 7.82. The standard InChI is InChI=1S/C20H28N2O3/c1-21-14-20(25-19(21)23)7-4-9-22(10-8-20)13-17-11-15-5-3-6-16(15)12-18(17)24-2/h11-12H,3-10,13-14H2,1-2H3/t20-/m1/s1. The monoisotopic (exact) mass is 344 g/mol. The highest BCUT2D eigenvalue weighted by atomic mass is 16.6. The second-order valence-electron chi connectivity index (χ2n) is 7.82. The van der Waals surface area contributed by atoms with Gasteiger partial charge in [0.15, 0.2) is 0 Å². The van der Waals surface area contributed by atoms with Gasteiger partial charge in [-0.3, -0.25) is 4.90 Å². The summed E-state index contributed by atoms with van der Waals surface area (Å²) in [7, 11) is 3.60. The van der Waals surface area contributed by atoms with E-state index in [2.05, 4.69) is 17.0 Å². The van der Waals surface area contributed by atoms with E-state index in [1.165, 1.54) is 36.0 Å². The van der Waals surface area contributed by atoms with E-state index in [-0.39, 0.29) is 11.7 Å². The summed E-state index contributed by atoms with van der Waals surface area (Å²) >= 11 is 0. The molecule has 0 bridgehead atoms. The molecule has 136 valence electrons. The van der Waals surface area contributed by atoms with E-state index in [9.17, 15) is 4.79 Å². The Bertz CT molecular complexity index is 675. The van der Waals surface area contributed by atoms with Crippen LogP contribution in [0.4, 0.5) is 4.79 Å². The van der Waals surface area contributed by atoms with Crippen LogP contribution in [0, 0.1) is 0 Å². The molecule has 25 heavy (non-hydrogen) atoms. The van der Waals surface area contributed by atoms with Crippen LogP contribution in [0.1, 0.15) is 42.4 Å². The molecule has 2 fully saturated rings. The molecule has 3 aliphatic rings. The van der Waals surface area contributed by atoms with Crippen molar-refractivity contribution in [1.82, 2.24) is 9.80 Å². The van der Waals surface area contributed by atoms with Gasteiger partial charge in [-0.15, -0.1) is 0 Å². The van der Waals surface area contributed by atoms with Crippen molar-refractivity contribution in [1.29, 1.82) is 0 Å². The molecule has 1 aliphatic carbocycles. The summed E-state index contributed by atoms with van der Waals surface area (Å²) in [5.74, 6) is 1.02. The highest BCUT2D eigenvalue weighted by Crippen LogP contribution is 2.34. The molecule has 2 aliphatic heterocycles. The average molecular weight is 344 g/mol. The lowest BCUT2D eigenvalue weighted by Gasteiger charge is -2.25. The molecule has 1 aromatic carbocycles. The van der Waals surface area contributed by atoms with Crippen LogP contribution in [0.5, 0.6) is 5.75 Å². The number of rotatable bonds is 3. The van der Waals surface area contributed by atoms with E-state index in [0.717, 1.165) is 51.2 Å². The van der Waals surface area contributed by atoms with Crippen LogP contribution in [0.2, 0.25) is 0 Å². The quantitative estimate of drug-likeness (QED) is 0.845. The molecule has 5 nitrogen and oxygen atoms in total. The maximum Gasteiger partial charge on any atom is 0.410 e. The number of hydrogen-bond acceptors (Lipinski definition) is 4. The molecule has 0 N–H and O–H groups in total. The molecular formula is C20H28N2O3. The molecule has 1 atom stereocenters. The minimum Gasteiger partial charge on any atom is -0.496 e. The van der Waals surface area contributed by atoms with E-state index in [0.29, 0.717) is 0 Å². The van der Waals surface area contributed by atoms with Crippen molar-refractivity contribution >= 4 is 6.09 Å². The van der Waals surface area contributed by atoms with Crippen LogP contribution in [0.15, 0.2) is 12.1 Å². The zero-order valence-corrected chi connectivity index (χ0v) is 15.3. The number of likely N-dealkylation sites (N-methyl/N-ethyl adjacent to an activating group) is 1. The predicted octanol–water partition coefficient (Wildman–Crippen LogP) is 2.99. The van der Waals surface area contributed by atoms with Crippen molar-refractivity contribution in [3.8, 4) is 5.75 Å². The fourth-order valence-electron chi connectivity index (χ4n) is 4.64. The Hall–Kier alpha value is -1.75. The highest BCUT2D eigenvalue weighted by Gasteiger charge is 2.44. The first-order valence-electron chi connectivity index (χ1n) is 9.44. The zero-order valence-electron chi connectivity index (χ0n) is 15.3. The molecule has 1 aromatic rings. The molecule has 0 saturated carbocycles. The number of aryl methyl sites for hydroxylation is 2. The number of amides is 1. The maximum atomic E-state index is 11.8. The first-order chi connectivity index (χ1) is 12.1. The fourth-order valence-corrected chi connectivity index (χ4v) is 4.64. The van der Waals surface area contributed by atoms with Gasteiger partial charge in [-0.25, -0.2) is 4.79 Å². The van der Waals surface area contributed by atoms with Gasteiger partial charge in [0.05, 0.1) is 13.7 Å². The van der Waals surface area contributed by atoms with E-state index in [1.807, 2.05) is 7.05 Å². The van der Waals surface area contributed by atoms with Gasteiger partial charge in [0.25, 0.3) is 0 Å². The van der Waals surface area contributed by atoms with Crippen molar-refractivity contribution in [2.24, 2.45) is 0 Å². The summed E-state index contributed by atoms with van der Waals surface area (Å²) in [5.41, 5.74) is 3.96. The lowest BCUT2D eigenvalue weighted by atomic mass is 9.95. The SMILES string of the molecule is COc1cc2c(cc1CN1CCC[C@@]3(CC1)CN(C)C(=O)O3)CCC2. The van der Waals surface area contributed by atoms with Crippen LogP contribution < -0.4 is 4.74 Å². The van der Waals surface area contributed by atoms with Crippen molar-refractivity contribution in [2.45, 2.75) is 50.7 Å². The van der Waals surface area contributed by atoms with Crippen molar-refractivity contribution in [2.75, 3.05) is 33.8 Å². The Morgan fingerprint density at radius 3 is 2.68 bits per heavy atom. The lowest BCUT2D eigenvalue weighted by molar-refractivity contribution is 0.0443. The number of likely N-dealkylation sites (tertiary alicyclic amines) is 1. The third-order valence-electron chi connectivity index (χ3n) is 6.02. The third kappa shape index (κ3) is 3.22. The van der Waals surface area contributed by atoms with Crippen molar-refractivity contribution < 1.29 is 14.3 Å². The summed E-state index contributed by atoms with van der Waals surface area (Å²) in [4.78, 5) is 16.0. The molecule has 4 rings (SSSR count). The molecule has 2 heterocycles. The van der Waals surface area contributed by atoms with Gasteiger partial charge in [0.1, 0.15) is 11.4 Å². The van der Waals surface area contributed by atoms with Gasteiger partial charge in [0.2, 0.25) is 0 Å². The summed E-state index contributed by atoms with van der Waals surface area (Å²) in [6.45, 7) is 3.64. The van der Waals surface area contributed by atoms with E-state index < -0.39 is 0 Å². The number of carbonyl (C=O) groups is 1. The van der Waals surface area contributed by atoms with Crippen LogP contribution in [-0.2, 0) is 24.1 Å². The summed E-state index contributed by atoms with van der Waals surface area (Å²) in [6.07, 6.45) is 6.39. The minimum atomic E-state index is -0.275. The topological polar surface area (TPSA) is 42.0 Å². The van der Waals surface area contributed by atoms with Gasteiger partial charge in [0, 0.05) is 32.1 Å². The Labute approximate surface area is 149 Å². The Balaban J connectivity index is 1.46. The van der Waals surface area contributed by atoms with Crippen LogP contribution >= 0.6 is 0 Å². The van der Waals surface area contributed by atoms with E-state index in [1.54, 1.807) is 12.0 Å². The Morgan fingerprint density at radius 1 is 1.16 bits per heavy atom. The van der Waals surface area contributed by atoms with Gasteiger partial charge in [-0.1, -0.05) is 6.07 Å². The molecule has 1 spiro atoms. The lowest BCUT2D eigenvalue weighted by Crippen LogP contribution is -2.35. The van der Waals surface area contributed by atoms with Crippen LogP contribution in [0.3, 0.4) is 0 Å². The first kappa shape index (κ1) is 16.7. The maximum absolute atomic E-state index is 11.8. The molecule has 0 aromatic heterocycles. The second kappa shape index (κ2) is 6.52. The van der Waals surface area contributed by atoms with Gasteiger partial charge in [-0.2, -0.15) is 0 Å². The third-order valence-corrected chi connectivity index (χ3v) is 6.02. The van der Waals surface area contributed by atoms with Crippen LogP contribution in [0.25, 0.3) is 0 Å². The number of ether oxygens (including phenoxy) is 2. The highest BCUT2D eigenvalue weighted by molar-refractivity contribution is 5.70. The number of methoxy groups -OCH3 is 1. The largest absolute Gasteiger partial charge is 0.496 e. The molecular weight excluding hydrogens is 316 g/mol. The number of fused-ring (bicyclic) bond motifs is 1. The molecule has 5 heteroatoms. The number of carbonyl (C=O) groups excluding carboxylic acids is 1. The average Bonchev–Trinajstić information content (AvgIpc) is 3.09. The van der Waals surface area contributed by atoms with Crippen molar-refractivity contribution in [3.63, 3.8) is 0 Å². The summed E-state index contributed by atoms with van der Waals surface area (Å²) in [6, 6.07) is 4.59. The summed E-state index contributed by atoms with van der Waals surface area (Å²) < 4.78 is 11.4. The normalized spacial score (nSPS) is 26.6. The summed E-state index contributed by atoms with van der Waals surface area (Å²) in [5, 5.41) is 0. The minimum absolute atomic E-state index is 0.172. The number of hydrogen-bond donors (Lipinski definition) is 0. The van der Waals surface area contributed by atoms with Gasteiger partial charge >= 0.3 is 6.09 Å². The van der Waals surface area contributed by atoms with Crippen molar-refractivity contribution in [3.05, 3.63) is 28.8 Å².